The van der Waals surface area contributed by atoms with Gasteiger partial charge in [-0.1, -0.05) is 24.3 Å². The van der Waals surface area contributed by atoms with E-state index >= 15 is 0 Å². The van der Waals surface area contributed by atoms with Gasteiger partial charge in [0.1, 0.15) is 5.75 Å². The van der Waals surface area contributed by atoms with E-state index in [2.05, 4.69) is 5.32 Å². The second kappa shape index (κ2) is 5.73. The van der Waals surface area contributed by atoms with Crippen molar-refractivity contribution in [1.29, 1.82) is 0 Å². The number of para-hydroxylation sites is 2. The van der Waals surface area contributed by atoms with Crippen LogP contribution in [-0.4, -0.2) is 11.9 Å². The van der Waals surface area contributed by atoms with E-state index in [4.69, 9.17) is 9.47 Å². The SMILES string of the molecule is CC(=O)Oc1ccc(/C=C2/Oc3ccccc3NC2=O)cc1. The van der Waals surface area contributed by atoms with Crippen molar-refractivity contribution in [2.45, 2.75) is 6.92 Å². The highest BCUT2D eigenvalue weighted by Gasteiger charge is 2.21. The summed E-state index contributed by atoms with van der Waals surface area (Å²) in [7, 11) is 0. The maximum absolute atomic E-state index is 12.0. The van der Waals surface area contributed by atoms with Gasteiger partial charge in [0.2, 0.25) is 0 Å². The molecule has 0 radical (unpaired) electrons. The molecule has 1 heterocycles. The lowest BCUT2D eigenvalue weighted by Gasteiger charge is -2.19. The monoisotopic (exact) mass is 295 g/mol. The summed E-state index contributed by atoms with van der Waals surface area (Å²) in [6.45, 7) is 1.34. The van der Waals surface area contributed by atoms with E-state index in [0.29, 0.717) is 17.2 Å². The number of ether oxygens (including phenoxy) is 2. The lowest BCUT2D eigenvalue weighted by atomic mass is 10.1. The number of nitrogens with one attached hydrogen (secondary N) is 1. The van der Waals surface area contributed by atoms with Gasteiger partial charge in [0.25, 0.3) is 5.91 Å². The number of rotatable bonds is 2. The van der Waals surface area contributed by atoms with Gasteiger partial charge in [-0.05, 0) is 35.9 Å². The predicted octanol–water partition coefficient (Wildman–Crippen LogP) is 2.98. The van der Waals surface area contributed by atoms with Crippen molar-refractivity contribution >= 4 is 23.6 Å². The Labute approximate surface area is 127 Å². The maximum Gasteiger partial charge on any atom is 0.308 e. The minimum absolute atomic E-state index is 0.207. The largest absolute Gasteiger partial charge is 0.449 e. The molecule has 22 heavy (non-hydrogen) atoms. The van der Waals surface area contributed by atoms with Gasteiger partial charge in [-0.2, -0.15) is 0 Å². The Bertz CT molecular complexity index is 762. The number of amides is 1. The van der Waals surface area contributed by atoms with Gasteiger partial charge in [0.05, 0.1) is 5.69 Å². The lowest BCUT2D eigenvalue weighted by molar-refractivity contribution is -0.131. The third-order valence-corrected chi connectivity index (χ3v) is 3.02. The van der Waals surface area contributed by atoms with Crippen LogP contribution >= 0.6 is 0 Å². The first-order chi connectivity index (χ1) is 10.6. The summed E-state index contributed by atoms with van der Waals surface area (Å²) in [6.07, 6.45) is 1.63. The average molecular weight is 295 g/mol. The molecule has 0 aliphatic carbocycles. The normalized spacial score (nSPS) is 14.8. The molecule has 2 aromatic carbocycles. The highest BCUT2D eigenvalue weighted by molar-refractivity contribution is 6.08. The highest BCUT2D eigenvalue weighted by Crippen LogP contribution is 2.30. The molecule has 1 aliphatic rings. The smallest absolute Gasteiger partial charge is 0.308 e. The van der Waals surface area contributed by atoms with Crippen LogP contribution in [0.4, 0.5) is 5.69 Å². The van der Waals surface area contributed by atoms with E-state index in [1.54, 1.807) is 42.5 Å². The summed E-state index contributed by atoms with van der Waals surface area (Å²) >= 11 is 0. The molecule has 3 rings (SSSR count). The molecule has 110 valence electrons. The zero-order valence-corrected chi connectivity index (χ0v) is 11.8. The van der Waals surface area contributed by atoms with E-state index < -0.39 is 0 Å². The number of benzene rings is 2. The summed E-state index contributed by atoms with van der Waals surface area (Å²) in [4.78, 5) is 22.9. The standard InChI is InChI=1S/C17H13NO4/c1-11(19)21-13-8-6-12(7-9-13)10-16-17(20)18-14-4-2-3-5-15(14)22-16/h2-10H,1H3,(H,18,20)/b16-10+. The van der Waals surface area contributed by atoms with Gasteiger partial charge in [-0.15, -0.1) is 0 Å². The number of anilines is 1. The van der Waals surface area contributed by atoms with Crippen molar-refractivity contribution in [3.8, 4) is 11.5 Å². The molecule has 0 atom stereocenters. The number of hydrogen-bond acceptors (Lipinski definition) is 4. The molecule has 0 saturated heterocycles. The molecule has 0 bridgehead atoms. The van der Waals surface area contributed by atoms with Gasteiger partial charge >= 0.3 is 5.97 Å². The Morgan fingerprint density at radius 3 is 2.59 bits per heavy atom. The zero-order valence-electron chi connectivity index (χ0n) is 11.8. The van der Waals surface area contributed by atoms with Gasteiger partial charge in [0.15, 0.2) is 11.5 Å². The molecule has 0 aromatic heterocycles. The molecule has 1 aliphatic heterocycles. The molecule has 1 N–H and O–H groups in total. The second-order valence-electron chi connectivity index (χ2n) is 4.72. The molecule has 2 aromatic rings. The van der Waals surface area contributed by atoms with Crippen LogP contribution in [0.25, 0.3) is 6.08 Å². The molecule has 0 fully saturated rings. The average Bonchev–Trinajstić information content (AvgIpc) is 2.49. The quantitative estimate of drug-likeness (QED) is 0.525. The first kappa shape index (κ1) is 13.9. The minimum Gasteiger partial charge on any atom is -0.449 e. The number of carbonyl (C=O) groups is 2. The number of carbonyl (C=O) groups excluding carboxylic acids is 2. The molecule has 5 heteroatoms. The third-order valence-electron chi connectivity index (χ3n) is 3.02. The van der Waals surface area contributed by atoms with Crippen LogP contribution in [-0.2, 0) is 9.59 Å². The number of hydrogen-bond donors (Lipinski definition) is 1. The van der Waals surface area contributed by atoms with Crippen LogP contribution in [0.1, 0.15) is 12.5 Å². The summed E-state index contributed by atoms with van der Waals surface area (Å²) < 4.78 is 10.6. The fourth-order valence-electron chi connectivity index (χ4n) is 2.05. The van der Waals surface area contributed by atoms with Crippen LogP contribution < -0.4 is 14.8 Å². The molecule has 0 saturated carbocycles. The fourth-order valence-corrected chi connectivity index (χ4v) is 2.05. The predicted molar refractivity (Wildman–Crippen MR) is 81.4 cm³/mol. The maximum atomic E-state index is 12.0. The Hall–Kier alpha value is -3.08. The molecule has 1 amide bonds. The van der Waals surface area contributed by atoms with Crippen molar-refractivity contribution < 1.29 is 19.1 Å². The molecular formula is C17H13NO4. The molecule has 0 unspecified atom stereocenters. The van der Waals surface area contributed by atoms with E-state index in [1.165, 1.54) is 6.92 Å². The summed E-state index contributed by atoms with van der Waals surface area (Å²) in [5.74, 6) is 0.582. The fraction of sp³-hybridized carbons (Fsp3) is 0.0588. The van der Waals surface area contributed by atoms with E-state index in [9.17, 15) is 9.59 Å². The lowest BCUT2D eigenvalue weighted by Crippen LogP contribution is -2.23. The van der Waals surface area contributed by atoms with Crippen molar-refractivity contribution in [2.75, 3.05) is 5.32 Å². The molecular weight excluding hydrogens is 282 g/mol. The minimum atomic E-state index is -0.377. The summed E-state index contributed by atoms with van der Waals surface area (Å²) in [5.41, 5.74) is 1.41. The van der Waals surface area contributed by atoms with Crippen LogP contribution in [0, 0.1) is 0 Å². The van der Waals surface area contributed by atoms with E-state index in [1.807, 2.05) is 12.1 Å². The molecule has 5 nitrogen and oxygen atoms in total. The topological polar surface area (TPSA) is 64.6 Å². The van der Waals surface area contributed by atoms with E-state index in [-0.39, 0.29) is 17.6 Å². The van der Waals surface area contributed by atoms with Crippen molar-refractivity contribution in [1.82, 2.24) is 0 Å². The van der Waals surface area contributed by atoms with Gasteiger partial charge in [-0.3, -0.25) is 9.59 Å². The highest BCUT2D eigenvalue weighted by atomic mass is 16.5. The Morgan fingerprint density at radius 1 is 1.14 bits per heavy atom. The van der Waals surface area contributed by atoms with Crippen molar-refractivity contribution in [3.05, 3.63) is 59.9 Å². The van der Waals surface area contributed by atoms with Crippen LogP contribution in [0.5, 0.6) is 11.5 Å². The Balaban J connectivity index is 1.83. The zero-order chi connectivity index (χ0) is 15.5. The third kappa shape index (κ3) is 2.98. The number of fused-ring (bicyclic) bond motifs is 1. The first-order valence-electron chi connectivity index (χ1n) is 6.70. The first-order valence-corrected chi connectivity index (χ1v) is 6.70. The van der Waals surface area contributed by atoms with Crippen molar-refractivity contribution in [2.24, 2.45) is 0 Å². The van der Waals surface area contributed by atoms with Crippen LogP contribution in [0.3, 0.4) is 0 Å². The Morgan fingerprint density at radius 2 is 1.86 bits per heavy atom. The Kier molecular flexibility index (Phi) is 3.62. The molecule has 0 spiro atoms. The van der Waals surface area contributed by atoms with Crippen LogP contribution in [0.2, 0.25) is 0 Å². The van der Waals surface area contributed by atoms with Crippen molar-refractivity contribution in [3.63, 3.8) is 0 Å². The van der Waals surface area contributed by atoms with Gasteiger partial charge < -0.3 is 14.8 Å². The van der Waals surface area contributed by atoms with E-state index in [0.717, 1.165) is 5.56 Å². The second-order valence-corrected chi connectivity index (χ2v) is 4.72. The number of esters is 1. The van der Waals surface area contributed by atoms with Crippen LogP contribution in [0.15, 0.2) is 54.3 Å². The van der Waals surface area contributed by atoms with Gasteiger partial charge in [0, 0.05) is 6.92 Å². The van der Waals surface area contributed by atoms with Gasteiger partial charge in [-0.25, -0.2) is 0 Å². The summed E-state index contributed by atoms with van der Waals surface area (Å²) in [6, 6.07) is 14.0. The summed E-state index contributed by atoms with van der Waals surface area (Å²) in [5, 5.41) is 2.77.